The molecule has 2 saturated heterocycles. The lowest BCUT2D eigenvalue weighted by Gasteiger charge is -2.37. The minimum Gasteiger partial charge on any atom is -0.388 e. The van der Waals surface area contributed by atoms with Gasteiger partial charge in [0, 0.05) is 18.7 Å². The standard InChI is InChI=1S/C19H27NO7/c1-3-20(4-2)18(24)17-16(26-17)14(23)13(22)15-12(21)10-25-19(27-15)11-8-6-5-7-9-11/h5-9,12-17,19,21-23H,3-4,10H2,1-2H3/t12-,13-,14-,15-,16-,17+,19-/m1/s1. The molecule has 0 bridgehead atoms. The van der Waals surface area contributed by atoms with E-state index in [0.717, 1.165) is 5.56 Å². The smallest absolute Gasteiger partial charge is 0.254 e. The van der Waals surface area contributed by atoms with Crippen molar-refractivity contribution in [3.05, 3.63) is 35.9 Å². The Bertz CT molecular complexity index is 624. The van der Waals surface area contributed by atoms with Gasteiger partial charge >= 0.3 is 0 Å². The molecule has 2 heterocycles. The van der Waals surface area contributed by atoms with Crippen LogP contribution in [0.1, 0.15) is 25.7 Å². The molecule has 2 fully saturated rings. The van der Waals surface area contributed by atoms with Crippen LogP contribution in [-0.2, 0) is 19.0 Å². The van der Waals surface area contributed by atoms with Gasteiger partial charge < -0.3 is 34.4 Å². The molecule has 150 valence electrons. The van der Waals surface area contributed by atoms with Crippen molar-refractivity contribution in [1.29, 1.82) is 0 Å². The van der Waals surface area contributed by atoms with Crippen molar-refractivity contribution in [3.8, 4) is 0 Å². The van der Waals surface area contributed by atoms with Gasteiger partial charge in [-0.3, -0.25) is 4.79 Å². The van der Waals surface area contributed by atoms with Crippen LogP contribution < -0.4 is 0 Å². The molecule has 1 aromatic rings. The van der Waals surface area contributed by atoms with E-state index in [1.54, 1.807) is 4.90 Å². The third-order valence-corrected chi connectivity index (χ3v) is 5.02. The molecule has 0 unspecified atom stereocenters. The molecule has 8 nitrogen and oxygen atoms in total. The first-order valence-electron chi connectivity index (χ1n) is 9.28. The Morgan fingerprint density at radius 2 is 1.74 bits per heavy atom. The van der Waals surface area contributed by atoms with Crippen LogP contribution in [0, 0.1) is 0 Å². The summed E-state index contributed by atoms with van der Waals surface area (Å²) in [5, 5.41) is 31.2. The van der Waals surface area contributed by atoms with Crippen LogP contribution in [0.3, 0.4) is 0 Å². The number of carbonyl (C=O) groups excluding carboxylic acids is 1. The van der Waals surface area contributed by atoms with Crippen molar-refractivity contribution in [2.45, 2.75) is 56.8 Å². The molecule has 1 aromatic carbocycles. The zero-order valence-corrected chi connectivity index (χ0v) is 15.5. The van der Waals surface area contributed by atoms with Gasteiger partial charge in [0.15, 0.2) is 12.4 Å². The first-order valence-corrected chi connectivity index (χ1v) is 9.28. The van der Waals surface area contributed by atoms with Gasteiger partial charge in [0.25, 0.3) is 5.91 Å². The molecule has 27 heavy (non-hydrogen) atoms. The number of carbonyl (C=O) groups is 1. The van der Waals surface area contributed by atoms with Crippen LogP contribution in [0.5, 0.6) is 0 Å². The fraction of sp³-hybridized carbons (Fsp3) is 0.632. The predicted octanol–water partition coefficient (Wildman–Crippen LogP) is -0.181. The number of amides is 1. The van der Waals surface area contributed by atoms with Gasteiger partial charge in [0.2, 0.25) is 0 Å². The van der Waals surface area contributed by atoms with Gasteiger partial charge in [-0.1, -0.05) is 30.3 Å². The van der Waals surface area contributed by atoms with Crippen molar-refractivity contribution < 1.29 is 34.3 Å². The largest absolute Gasteiger partial charge is 0.388 e. The SMILES string of the molecule is CCN(CC)C(=O)[C@H]1O[C@@H]1[C@H](O)[C@@H](O)[C@@H]1O[C@H](c2ccccc2)OC[C@H]1O. The van der Waals surface area contributed by atoms with Crippen LogP contribution in [0.25, 0.3) is 0 Å². The molecule has 0 spiro atoms. The van der Waals surface area contributed by atoms with Crippen LogP contribution in [0.4, 0.5) is 0 Å². The van der Waals surface area contributed by atoms with E-state index in [1.165, 1.54) is 0 Å². The summed E-state index contributed by atoms with van der Waals surface area (Å²) in [4.78, 5) is 13.9. The first-order chi connectivity index (χ1) is 13.0. The molecular formula is C19H27NO7. The van der Waals surface area contributed by atoms with Crippen molar-refractivity contribution in [2.24, 2.45) is 0 Å². The Balaban J connectivity index is 1.62. The van der Waals surface area contributed by atoms with Crippen LogP contribution >= 0.6 is 0 Å². The van der Waals surface area contributed by atoms with Gasteiger partial charge in [-0.05, 0) is 13.8 Å². The summed E-state index contributed by atoms with van der Waals surface area (Å²) in [6.07, 6.45) is -7.30. The monoisotopic (exact) mass is 381 g/mol. The van der Waals surface area contributed by atoms with Gasteiger partial charge in [0.1, 0.15) is 30.5 Å². The average molecular weight is 381 g/mol. The lowest BCUT2D eigenvalue weighted by Crippen LogP contribution is -2.53. The third kappa shape index (κ3) is 4.31. The highest BCUT2D eigenvalue weighted by molar-refractivity contribution is 5.84. The quantitative estimate of drug-likeness (QED) is 0.562. The minimum absolute atomic E-state index is 0.0403. The molecule has 0 saturated carbocycles. The second kappa shape index (κ2) is 8.64. The van der Waals surface area contributed by atoms with Crippen LogP contribution in [-0.4, -0.2) is 82.4 Å². The van der Waals surface area contributed by atoms with E-state index in [-0.39, 0.29) is 12.5 Å². The van der Waals surface area contributed by atoms with E-state index in [4.69, 9.17) is 14.2 Å². The molecule has 0 aromatic heterocycles. The maximum Gasteiger partial charge on any atom is 0.254 e. The summed E-state index contributed by atoms with van der Waals surface area (Å²) in [6.45, 7) is 4.77. The van der Waals surface area contributed by atoms with E-state index in [0.29, 0.717) is 13.1 Å². The lowest BCUT2D eigenvalue weighted by atomic mass is 9.98. The minimum atomic E-state index is -1.42. The van der Waals surface area contributed by atoms with Crippen molar-refractivity contribution in [2.75, 3.05) is 19.7 Å². The second-order valence-corrected chi connectivity index (χ2v) is 6.76. The Labute approximate surface area is 158 Å². The summed E-state index contributed by atoms with van der Waals surface area (Å²) in [5.74, 6) is -0.216. The topological polar surface area (TPSA) is 112 Å². The number of likely N-dealkylation sites (N-methyl/N-ethyl adjacent to an activating group) is 1. The molecule has 1 amide bonds. The Kier molecular flexibility index (Phi) is 6.46. The van der Waals surface area contributed by atoms with E-state index >= 15 is 0 Å². The second-order valence-electron chi connectivity index (χ2n) is 6.76. The number of hydrogen-bond donors (Lipinski definition) is 3. The predicted molar refractivity (Wildman–Crippen MR) is 94.6 cm³/mol. The molecule has 7 atom stereocenters. The third-order valence-electron chi connectivity index (χ3n) is 5.02. The maximum absolute atomic E-state index is 12.3. The summed E-state index contributed by atoms with van der Waals surface area (Å²) in [5.41, 5.74) is 0.744. The van der Waals surface area contributed by atoms with Gasteiger partial charge in [-0.2, -0.15) is 0 Å². The first kappa shape index (κ1) is 20.2. The molecule has 0 aliphatic carbocycles. The molecule has 8 heteroatoms. The normalized spacial score (nSPS) is 32.6. The van der Waals surface area contributed by atoms with E-state index < -0.39 is 42.9 Å². The highest BCUT2D eigenvalue weighted by atomic mass is 16.7. The Hall–Kier alpha value is -1.55. The number of rotatable bonds is 7. The van der Waals surface area contributed by atoms with E-state index in [1.807, 2.05) is 44.2 Å². The number of aliphatic hydroxyl groups is 3. The highest BCUT2D eigenvalue weighted by Gasteiger charge is 2.55. The van der Waals surface area contributed by atoms with Gasteiger partial charge in [-0.25, -0.2) is 0 Å². The summed E-state index contributed by atoms with van der Waals surface area (Å²) in [7, 11) is 0. The molecule has 2 aliphatic heterocycles. The highest BCUT2D eigenvalue weighted by Crippen LogP contribution is 2.33. The zero-order valence-electron chi connectivity index (χ0n) is 15.5. The lowest BCUT2D eigenvalue weighted by molar-refractivity contribution is -0.283. The number of hydrogen-bond acceptors (Lipinski definition) is 7. The summed E-state index contributed by atoms with van der Waals surface area (Å²) in [6, 6.07) is 9.13. The average Bonchev–Trinajstić information content (AvgIpc) is 3.49. The number of benzene rings is 1. The van der Waals surface area contributed by atoms with Crippen molar-refractivity contribution in [1.82, 2.24) is 4.90 Å². The zero-order chi connectivity index (χ0) is 19.6. The fourth-order valence-electron chi connectivity index (χ4n) is 3.33. The summed E-state index contributed by atoms with van der Waals surface area (Å²) < 4.78 is 16.5. The molecule has 3 N–H and O–H groups in total. The number of nitrogens with zero attached hydrogens (tertiary/aromatic N) is 1. The van der Waals surface area contributed by atoms with E-state index in [9.17, 15) is 20.1 Å². The van der Waals surface area contributed by atoms with Crippen LogP contribution in [0.2, 0.25) is 0 Å². The molecule has 2 aliphatic rings. The maximum atomic E-state index is 12.3. The number of epoxide rings is 1. The van der Waals surface area contributed by atoms with Crippen molar-refractivity contribution in [3.63, 3.8) is 0 Å². The van der Waals surface area contributed by atoms with Crippen molar-refractivity contribution >= 4 is 5.91 Å². The Morgan fingerprint density at radius 1 is 1.11 bits per heavy atom. The van der Waals surface area contributed by atoms with Gasteiger partial charge in [0.05, 0.1) is 6.61 Å². The molecule has 3 rings (SSSR count). The fourth-order valence-corrected chi connectivity index (χ4v) is 3.33. The van der Waals surface area contributed by atoms with Gasteiger partial charge in [-0.15, -0.1) is 0 Å². The molecular weight excluding hydrogens is 354 g/mol. The molecule has 0 radical (unpaired) electrons. The number of ether oxygens (including phenoxy) is 3. The number of aliphatic hydroxyl groups excluding tert-OH is 3. The Morgan fingerprint density at radius 3 is 2.37 bits per heavy atom. The summed E-state index contributed by atoms with van der Waals surface area (Å²) >= 11 is 0. The van der Waals surface area contributed by atoms with E-state index in [2.05, 4.69) is 0 Å². The van der Waals surface area contributed by atoms with Crippen LogP contribution in [0.15, 0.2) is 30.3 Å².